The fraction of sp³-hybridized carbons (Fsp3) is 0.333. The third-order valence-electron chi connectivity index (χ3n) is 4.44. The maximum atomic E-state index is 12.1. The molecule has 0 radical (unpaired) electrons. The van der Waals surface area contributed by atoms with Gasteiger partial charge < -0.3 is 29.6 Å². The zero-order chi connectivity index (χ0) is 24.9. The van der Waals surface area contributed by atoms with Crippen molar-refractivity contribution < 1.29 is 38.1 Å². The minimum absolute atomic E-state index is 0.132. The van der Waals surface area contributed by atoms with E-state index in [-0.39, 0.29) is 12.8 Å². The molecule has 0 heterocycles. The molecule has 2 aromatic carbocycles. The van der Waals surface area contributed by atoms with Gasteiger partial charge in [-0.1, -0.05) is 6.92 Å². The van der Waals surface area contributed by atoms with E-state index in [1.165, 1.54) is 26.4 Å². The van der Waals surface area contributed by atoms with Gasteiger partial charge >= 0.3 is 11.9 Å². The van der Waals surface area contributed by atoms with Crippen LogP contribution in [0.4, 0.5) is 11.4 Å². The van der Waals surface area contributed by atoms with Crippen LogP contribution in [0.2, 0.25) is 0 Å². The molecule has 34 heavy (non-hydrogen) atoms. The molecule has 0 aliphatic rings. The second-order valence-electron chi connectivity index (χ2n) is 7.04. The first kappa shape index (κ1) is 26.2. The van der Waals surface area contributed by atoms with Gasteiger partial charge in [0.05, 0.1) is 38.5 Å². The highest BCUT2D eigenvalue weighted by molar-refractivity contribution is 5.96. The molecular weight excluding hydrogens is 444 g/mol. The topological polar surface area (TPSA) is 129 Å². The predicted octanol–water partition coefficient (Wildman–Crippen LogP) is 3.17. The van der Waals surface area contributed by atoms with E-state index in [1.54, 1.807) is 30.3 Å². The number of esters is 2. The zero-order valence-corrected chi connectivity index (χ0v) is 19.3. The Bertz CT molecular complexity index is 1000. The van der Waals surface area contributed by atoms with Gasteiger partial charge in [0.2, 0.25) is 5.91 Å². The lowest BCUT2D eigenvalue weighted by atomic mass is 10.2. The Morgan fingerprint density at radius 2 is 1.56 bits per heavy atom. The molecule has 0 aliphatic carbocycles. The first-order chi connectivity index (χ1) is 16.4. The molecule has 0 aromatic heterocycles. The van der Waals surface area contributed by atoms with Gasteiger partial charge in [-0.25, -0.2) is 4.79 Å². The summed E-state index contributed by atoms with van der Waals surface area (Å²) < 4.78 is 20.2. The molecule has 0 spiro atoms. The minimum Gasteiger partial charge on any atom is -0.497 e. The number of methoxy groups -OCH3 is 2. The van der Waals surface area contributed by atoms with E-state index in [9.17, 15) is 19.2 Å². The van der Waals surface area contributed by atoms with Crippen LogP contribution < -0.4 is 20.1 Å². The molecule has 0 atom stereocenters. The molecule has 0 saturated carbocycles. The Morgan fingerprint density at radius 3 is 2.21 bits per heavy atom. The van der Waals surface area contributed by atoms with E-state index in [0.29, 0.717) is 35.0 Å². The molecule has 2 N–H and O–H groups in total. The number of anilines is 2. The molecule has 2 amide bonds. The highest BCUT2D eigenvalue weighted by Crippen LogP contribution is 2.28. The number of hydrogen-bond acceptors (Lipinski definition) is 8. The summed E-state index contributed by atoms with van der Waals surface area (Å²) in [6.07, 6.45) is 0.393. The lowest BCUT2D eigenvalue weighted by Crippen LogP contribution is -2.22. The third kappa shape index (κ3) is 8.45. The molecular formula is C24H28N2O8. The van der Waals surface area contributed by atoms with Gasteiger partial charge in [0, 0.05) is 18.2 Å². The molecule has 0 bridgehead atoms. The van der Waals surface area contributed by atoms with Crippen LogP contribution in [0, 0.1) is 0 Å². The summed E-state index contributed by atoms with van der Waals surface area (Å²) in [6.45, 7) is 1.73. The highest BCUT2D eigenvalue weighted by Gasteiger charge is 2.13. The van der Waals surface area contributed by atoms with Crippen molar-refractivity contribution in [3.05, 3.63) is 48.0 Å². The number of carbonyl (C=O) groups excluding carboxylic acids is 4. The van der Waals surface area contributed by atoms with E-state index in [2.05, 4.69) is 10.6 Å². The Balaban J connectivity index is 1.73. The molecule has 0 saturated heterocycles. The van der Waals surface area contributed by atoms with Gasteiger partial charge in [-0.15, -0.1) is 0 Å². The number of amides is 2. The maximum Gasteiger partial charge on any atom is 0.338 e. The normalized spacial score (nSPS) is 10.1. The quantitative estimate of drug-likeness (QED) is 0.451. The third-order valence-corrected chi connectivity index (χ3v) is 4.44. The molecule has 0 aliphatic heterocycles. The Morgan fingerprint density at radius 1 is 0.824 bits per heavy atom. The van der Waals surface area contributed by atoms with Crippen molar-refractivity contribution in [3.8, 4) is 11.5 Å². The van der Waals surface area contributed by atoms with Crippen molar-refractivity contribution in [2.75, 3.05) is 38.1 Å². The number of carbonyl (C=O) groups is 4. The monoisotopic (exact) mass is 472 g/mol. The SMILES string of the molecule is CCCOC(=O)c1ccc(NC(=O)CCC(=O)OCC(=O)Nc2ccc(OC)cc2OC)cc1. The van der Waals surface area contributed by atoms with E-state index in [4.69, 9.17) is 18.9 Å². The lowest BCUT2D eigenvalue weighted by Gasteiger charge is -2.12. The molecule has 0 fully saturated rings. The van der Waals surface area contributed by atoms with Crippen LogP contribution in [0.25, 0.3) is 0 Å². The van der Waals surface area contributed by atoms with E-state index in [0.717, 1.165) is 6.42 Å². The van der Waals surface area contributed by atoms with E-state index in [1.807, 2.05) is 6.92 Å². The molecule has 10 heteroatoms. The van der Waals surface area contributed by atoms with Gasteiger partial charge in [0.1, 0.15) is 11.5 Å². The van der Waals surface area contributed by atoms with Crippen molar-refractivity contribution in [2.45, 2.75) is 26.2 Å². The largest absolute Gasteiger partial charge is 0.497 e. The zero-order valence-electron chi connectivity index (χ0n) is 19.3. The van der Waals surface area contributed by atoms with Crippen molar-refractivity contribution in [2.24, 2.45) is 0 Å². The first-order valence-electron chi connectivity index (χ1n) is 10.6. The average Bonchev–Trinajstić information content (AvgIpc) is 2.85. The van der Waals surface area contributed by atoms with E-state index < -0.39 is 30.4 Å². The van der Waals surface area contributed by atoms with Gasteiger partial charge in [0.15, 0.2) is 6.61 Å². The van der Waals surface area contributed by atoms with Crippen LogP contribution in [0.1, 0.15) is 36.5 Å². The van der Waals surface area contributed by atoms with Crippen molar-refractivity contribution in [3.63, 3.8) is 0 Å². The summed E-state index contributed by atoms with van der Waals surface area (Å²) in [5.74, 6) is -1.14. The predicted molar refractivity (Wildman–Crippen MR) is 124 cm³/mol. The molecule has 2 rings (SSSR count). The number of hydrogen-bond donors (Lipinski definition) is 2. The fourth-order valence-corrected chi connectivity index (χ4v) is 2.71. The fourth-order valence-electron chi connectivity index (χ4n) is 2.71. The number of rotatable bonds is 12. The van der Waals surface area contributed by atoms with Gasteiger partial charge in [0.25, 0.3) is 5.91 Å². The van der Waals surface area contributed by atoms with Crippen LogP contribution >= 0.6 is 0 Å². The number of ether oxygens (including phenoxy) is 4. The second kappa shape index (κ2) is 13.5. The lowest BCUT2D eigenvalue weighted by molar-refractivity contribution is -0.147. The number of benzene rings is 2. The average molecular weight is 472 g/mol. The second-order valence-corrected chi connectivity index (χ2v) is 7.04. The smallest absolute Gasteiger partial charge is 0.338 e. The summed E-state index contributed by atoms with van der Waals surface area (Å²) in [5.41, 5.74) is 1.24. The highest BCUT2D eigenvalue weighted by atomic mass is 16.5. The van der Waals surface area contributed by atoms with Crippen molar-refractivity contribution in [1.82, 2.24) is 0 Å². The van der Waals surface area contributed by atoms with Crippen molar-refractivity contribution >= 4 is 35.1 Å². The van der Waals surface area contributed by atoms with Crippen LogP contribution in [-0.4, -0.2) is 51.2 Å². The standard InChI is InChI=1S/C24H28N2O8/c1-4-13-33-24(30)16-5-7-17(8-6-16)25-21(27)11-12-23(29)34-15-22(28)26-19-10-9-18(31-2)14-20(19)32-3/h5-10,14H,4,11-13,15H2,1-3H3,(H,25,27)(H,26,28). The van der Waals surface area contributed by atoms with Crippen LogP contribution in [0.3, 0.4) is 0 Å². The van der Waals surface area contributed by atoms with Gasteiger partial charge in [-0.2, -0.15) is 0 Å². The van der Waals surface area contributed by atoms with Crippen LogP contribution in [0.15, 0.2) is 42.5 Å². The summed E-state index contributed by atoms with van der Waals surface area (Å²) in [5, 5.41) is 5.20. The van der Waals surface area contributed by atoms with Crippen LogP contribution in [0.5, 0.6) is 11.5 Å². The van der Waals surface area contributed by atoms with Crippen molar-refractivity contribution in [1.29, 1.82) is 0 Å². The maximum absolute atomic E-state index is 12.1. The Hall–Kier alpha value is -4.08. The minimum atomic E-state index is -0.694. The van der Waals surface area contributed by atoms with Gasteiger partial charge in [-0.3, -0.25) is 14.4 Å². The Labute approximate surface area is 197 Å². The summed E-state index contributed by atoms with van der Waals surface area (Å²) >= 11 is 0. The van der Waals surface area contributed by atoms with Crippen LogP contribution in [-0.2, 0) is 23.9 Å². The molecule has 0 unspecified atom stereocenters. The number of nitrogens with one attached hydrogen (secondary N) is 2. The summed E-state index contributed by atoms with van der Waals surface area (Å²) in [6, 6.07) is 11.1. The first-order valence-corrected chi connectivity index (χ1v) is 10.6. The molecule has 182 valence electrons. The Kier molecular flexibility index (Phi) is 10.4. The van der Waals surface area contributed by atoms with Gasteiger partial charge in [-0.05, 0) is 42.8 Å². The van der Waals surface area contributed by atoms with E-state index >= 15 is 0 Å². The summed E-state index contributed by atoms with van der Waals surface area (Å²) in [4.78, 5) is 47.8. The summed E-state index contributed by atoms with van der Waals surface area (Å²) in [7, 11) is 2.96. The molecule has 10 nitrogen and oxygen atoms in total. The molecule has 2 aromatic rings.